The number of carbonyl (C=O) groups excluding carboxylic acids is 1. The van der Waals surface area contributed by atoms with Gasteiger partial charge in [0.05, 0.1) is 0 Å². The summed E-state index contributed by atoms with van der Waals surface area (Å²) in [7, 11) is 0. The first-order chi connectivity index (χ1) is 6.83. The van der Waals surface area contributed by atoms with Gasteiger partial charge in [0.1, 0.15) is 5.60 Å². The Morgan fingerprint density at radius 2 is 2.07 bits per heavy atom. The molecule has 2 N–H and O–H groups in total. The van der Waals surface area contributed by atoms with Crippen molar-refractivity contribution in [3.8, 4) is 0 Å². The second kappa shape index (κ2) is 4.39. The van der Waals surface area contributed by atoms with Gasteiger partial charge in [0, 0.05) is 19.1 Å². The normalized spacial score (nSPS) is 26.9. The smallest absolute Gasteiger partial charge is 0.410 e. The quantitative estimate of drug-likeness (QED) is 0.721. The van der Waals surface area contributed by atoms with Crippen LogP contribution in [0.25, 0.3) is 0 Å². The molecule has 0 bridgehead atoms. The van der Waals surface area contributed by atoms with Crippen molar-refractivity contribution in [2.24, 2.45) is 11.7 Å². The van der Waals surface area contributed by atoms with Gasteiger partial charge in [-0.2, -0.15) is 0 Å². The molecule has 1 heterocycles. The minimum atomic E-state index is -0.425. The molecule has 0 unspecified atom stereocenters. The molecule has 1 fully saturated rings. The molecule has 1 amide bonds. The summed E-state index contributed by atoms with van der Waals surface area (Å²) in [6, 6.07) is 0.0996. The lowest BCUT2D eigenvalue weighted by molar-refractivity contribution is 0.0286. The zero-order valence-corrected chi connectivity index (χ0v) is 10.1. The van der Waals surface area contributed by atoms with Crippen LogP contribution >= 0.6 is 0 Å². The number of amides is 1. The lowest BCUT2D eigenvalue weighted by atomic mass is 10.0. The second-order valence-corrected chi connectivity index (χ2v) is 5.22. The Morgan fingerprint density at radius 3 is 2.47 bits per heavy atom. The molecule has 1 saturated heterocycles. The highest BCUT2D eigenvalue weighted by Crippen LogP contribution is 2.20. The molecule has 4 nitrogen and oxygen atoms in total. The van der Waals surface area contributed by atoms with Gasteiger partial charge in [0.25, 0.3) is 0 Å². The van der Waals surface area contributed by atoms with Crippen molar-refractivity contribution >= 4 is 6.09 Å². The summed E-state index contributed by atoms with van der Waals surface area (Å²) in [6.07, 6.45) is 0.773. The van der Waals surface area contributed by atoms with Gasteiger partial charge in [-0.05, 0) is 26.7 Å². The zero-order valence-electron chi connectivity index (χ0n) is 10.1. The molecule has 0 radical (unpaired) electrons. The van der Waals surface area contributed by atoms with E-state index >= 15 is 0 Å². The van der Waals surface area contributed by atoms with Gasteiger partial charge in [-0.15, -0.1) is 0 Å². The van der Waals surface area contributed by atoms with Gasteiger partial charge >= 0.3 is 6.09 Å². The van der Waals surface area contributed by atoms with E-state index in [0.29, 0.717) is 12.5 Å². The minimum absolute atomic E-state index is 0.0996. The Kier molecular flexibility index (Phi) is 3.60. The number of rotatable bonds is 1. The third-order valence-electron chi connectivity index (χ3n) is 2.67. The van der Waals surface area contributed by atoms with Crippen molar-refractivity contribution in [1.29, 1.82) is 0 Å². The highest BCUT2D eigenvalue weighted by Gasteiger charge is 2.33. The number of nitrogens with zero attached hydrogens (tertiary/aromatic N) is 1. The monoisotopic (exact) mass is 214 g/mol. The zero-order chi connectivity index (χ0) is 11.6. The number of likely N-dealkylation sites (tertiary alicyclic amines) is 1. The molecule has 0 aromatic rings. The summed E-state index contributed by atoms with van der Waals surface area (Å²) < 4.78 is 5.29. The average molecular weight is 214 g/mol. The molecule has 88 valence electrons. The van der Waals surface area contributed by atoms with Crippen LogP contribution in [0.15, 0.2) is 0 Å². The number of ether oxygens (including phenoxy) is 1. The second-order valence-electron chi connectivity index (χ2n) is 5.22. The third-order valence-corrected chi connectivity index (χ3v) is 2.67. The summed E-state index contributed by atoms with van der Waals surface area (Å²) >= 11 is 0. The summed E-state index contributed by atoms with van der Waals surface area (Å²) in [4.78, 5) is 13.4. The molecule has 1 aliphatic rings. The first-order valence-corrected chi connectivity index (χ1v) is 5.57. The first kappa shape index (κ1) is 12.3. The molecule has 4 heteroatoms. The van der Waals surface area contributed by atoms with Crippen LogP contribution in [0.4, 0.5) is 4.79 Å². The van der Waals surface area contributed by atoms with E-state index in [1.54, 1.807) is 4.90 Å². The highest BCUT2D eigenvalue weighted by atomic mass is 16.6. The molecule has 15 heavy (non-hydrogen) atoms. The van der Waals surface area contributed by atoms with Gasteiger partial charge in [-0.1, -0.05) is 13.3 Å². The van der Waals surface area contributed by atoms with Crippen molar-refractivity contribution in [2.75, 3.05) is 13.1 Å². The van der Waals surface area contributed by atoms with Crippen molar-refractivity contribution in [2.45, 2.75) is 45.8 Å². The van der Waals surface area contributed by atoms with Crippen LogP contribution in [0.3, 0.4) is 0 Å². The van der Waals surface area contributed by atoms with Crippen LogP contribution in [0.2, 0.25) is 0 Å². The predicted octanol–water partition coefficient (Wildman–Crippen LogP) is 1.59. The number of carbonyl (C=O) groups is 1. The van der Waals surface area contributed by atoms with Gasteiger partial charge in [0.15, 0.2) is 0 Å². The number of hydrogen-bond acceptors (Lipinski definition) is 3. The third kappa shape index (κ3) is 3.38. The van der Waals surface area contributed by atoms with Crippen LogP contribution in [0, 0.1) is 5.92 Å². The lowest BCUT2D eigenvalue weighted by Gasteiger charge is -2.24. The molecule has 0 aliphatic carbocycles. The topological polar surface area (TPSA) is 55.6 Å². The predicted molar refractivity (Wildman–Crippen MR) is 59.6 cm³/mol. The Morgan fingerprint density at radius 1 is 1.47 bits per heavy atom. The van der Waals surface area contributed by atoms with Crippen molar-refractivity contribution < 1.29 is 9.53 Å². The molecule has 0 aromatic heterocycles. The van der Waals surface area contributed by atoms with Crippen LogP contribution in [0.5, 0.6) is 0 Å². The summed E-state index contributed by atoms with van der Waals surface area (Å²) in [5.41, 5.74) is 5.51. The van der Waals surface area contributed by atoms with Crippen molar-refractivity contribution in [3.63, 3.8) is 0 Å². The fourth-order valence-electron chi connectivity index (χ4n) is 1.80. The van der Waals surface area contributed by atoms with E-state index in [0.717, 1.165) is 13.0 Å². The number of nitrogens with two attached hydrogens (primary N) is 1. The SMILES string of the molecule is CC[C@H]1CN(C(=O)OC(C)(C)C)C[C@H]1N. The molecule has 0 aromatic carbocycles. The van der Waals surface area contributed by atoms with Crippen molar-refractivity contribution in [1.82, 2.24) is 4.90 Å². The van der Waals surface area contributed by atoms with E-state index in [1.807, 2.05) is 20.8 Å². The molecular weight excluding hydrogens is 192 g/mol. The lowest BCUT2D eigenvalue weighted by Crippen LogP contribution is -2.36. The summed E-state index contributed by atoms with van der Waals surface area (Å²) in [6.45, 7) is 9.07. The molecule has 2 atom stereocenters. The summed E-state index contributed by atoms with van der Waals surface area (Å²) in [5.74, 6) is 0.414. The van der Waals surface area contributed by atoms with Crippen LogP contribution in [-0.4, -0.2) is 35.7 Å². The van der Waals surface area contributed by atoms with Crippen LogP contribution in [0.1, 0.15) is 34.1 Å². The van der Waals surface area contributed by atoms with Crippen LogP contribution in [-0.2, 0) is 4.74 Å². The van der Waals surface area contributed by atoms with E-state index < -0.39 is 5.60 Å². The minimum Gasteiger partial charge on any atom is -0.444 e. The average Bonchev–Trinajstić information content (AvgIpc) is 2.43. The van der Waals surface area contributed by atoms with Crippen molar-refractivity contribution in [3.05, 3.63) is 0 Å². The van der Waals surface area contributed by atoms with E-state index in [9.17, 15) is 4.79 Å². The molecule has 1 aliphatic heterocycles. The molecule has 0 saturated carbocycles. The Balaban J connectivity index is 2.50. The fraction of sp³-hybridized carbons (Fsp3) is 0.909. The fourth-order valence-corrected chi connectivity index (χ4v) is 1.80. The molecule has 0 spiro atoms. The Labute approximate surface area is 91.8 Å². The largest absolute Gasteiger partial charge is 0.444 e. The Bertz CT molecular complexity index is 235. The van der Waals surface area contributed by atoms with Gasteiger partial charge < -0.3 is 15.4 Å². The van der Waals surface area contributed by atoms with E-state index in [2.05, 4.69) is 6.92 Å². The van der Waals surface area contributed by atoms with E-state index in [-0.39, 0.29) is 12.1 Å². The molecular formula is C11H22N2O2. The van der Waals surface area contributed by atoms with Gasteiger partial charge in [-0.25, -0.2) is 4.79 Å². The maximum atomic E-state index is 11.7. The molecule has 1 rings (SSSR count). The highest BCUT2D eigenvalue weighted by molar-refractivity contribution is 5.68. The maximum Gasteiger partial charge on any atom is 0.410 e. The Hall–Kier alpha value is -0.770. The van der Waals surface area contributed by atoms with E-state index in [4.69, 9.17) is 10.5 Å². The van der Waals surface area contributed by atoms with Crippen LogP contribution < -0.4 is 5.73 Å². The first-order valence-electron chi connectivity index (χ1n) is 5.57. The summed E-state index contributed by atoms with van der Waals surface area (Å²) in [5, 5.41) is 0. The maximum absolute atomic E-state index is 11.7. The van der Waals surface area contributed by atoms with E-state index in [1.165, 1.54) is 0 Å². The van der Waals surface area contributed by atoms with Gasteiger partial charge in [-0.3, -0.25) is 0 Å². The van der Waals surface area contributed by atoms with Gasteiger partial charge in [0.2, 0.25) is 0 Å². The standard InChI is InChI=1S/C11H22N2O2/c1-5-8-6-13(7-9(8)12)10(14)15-11(2,3)4/h8-9H,5-7,12H2,1-4H3/t8-,9+/m0/s1. The number of hydrogen-bond donors (Lipinski definition) is 1.